The predicted octanol–water partition coefficient (Wildman–Crippen LogP) is 2.04. The van der Waals surface area contributed by atoms with Gasteiger partial charge < -0.3 is 14.2 Å². The molecule has 5 heteroatoms. The smallest absolute Gasteiger partial charge is 0.248 e. The van der Waals surface area contributed by atoms with Crippen molar-refractivity contribution >= 4 is 17.7 Å². The van der Waals surface area contributed by atoms with Crippen LogP contribution in [0.4, 0.5) is 0 Å². The first-order chi connectivity index (χ1) is 8.74. The Morgan fingerprint density at radius 1 is 1.56 bits per heavy atom. The maximum Gasteiger partial charge on any atom is 0.248 e. The molecule has 3 heterocycles. The number of hydrogen-bond donors (Lipinski definition) is 0. The molecule has 1 aromatic heterocycles. The van der Waals surface area contributed by atoms with Crippen molar-refractivity contribution in [3.05, 3.63) is 24.0 Å². The van der Waals surface area contributed by atoms with Crippen LogP contribution in [0.1, 0.15) is 31.3 Å². The highest BCUT2D eigenvalue weighted by atomic mass is 32.2. The molecule has 3 rings (SSSR count). The molecule has 2 aliphatic rings. The van der Waals surface area contributed by atoms with Crippen molar-refractivity contribution in [1.29, 1.82) is 0 Å². The molecule has 1 aromatic rings. The second-order valence-corrected chi connectivity index (χ2v) is 5.90. The Labute approximate surface area is 111 Å². The summed E-state index contributed by atoms with van der Waals surface area (Å²) in [5.74, 6) is 1.21. The van der Waals surface area contributed by atoms with Crippen LogP contribution in [0, 0.1) is 0 Å². The zero-order valence-electron chi connectivity index (χ0n) is 10.7. The zero-order valence-corrected chi connectivity index (χ0v) is 11.5. The minimum absolute atomic E-state index is 0.0529. The lowest BCUT2D eigenvalue weighted by Gasteiger charge is -2.37. The van der Waals surface area contributed by atoms with Gasteiger partial charge in [0.2, 0.25) is 5.91 Å². The van der Waals surface area contributed by atoms with Crippen molar-refractivity contribution in [2.75, 3.05) is 18.6 Å². The standard InChI is InChI=1S/C13H18N2O2S/c1-9-8-17-13-11-4-3-6-14(11)10(5-7-18-2)12(16)15(9)13/h3-4,6,9-10,13H,5,7-8H2,1-2H3/t9-,10-,13?/m0/s1. The Bertz CT molecular complexity index is 460. The molecular formula is C13H18N2O2S. The molecular weight excluding hydrogens is 248 g/mol. The molecule has 18 heavy (non-hydrogen) atoms. The summed E-state index contributed by atoms with van der Waals surface area (Å²) in [6, 6.07) is 4.20. The van der Waals surface area contributed by atoms with Crippen LogP contribution in [0.15, 0.2) is 18.3 Å². The Morgan fingerprint density at radius 2 is 2.39 bits per heavy atom. The number of aromatic nitrogens is 1. The van der Waals surface area contributed by atoms with Crippen molar-refractivity contribution in [2.24, 2.45) is 0 Å². The van der Waals surface area contributed by atoms with Gasteiger partial charge in [0.15, 0.2) is 6.23 Å². The van der Waals surface area contributed by atoms with Crippen molar-refractivity contribution in [2.45, 2.75) is 31.7 Å². The van der Waals surface area contributed by atoms with Crippen LogP contribution in [0.25, 0.3) is 0 Å². The molecule has 0 aromatic carbocycles. The van der Waals surface area contributed by atoms with Gasteiger partial charge in [0.25, 0.3) is 0 Å². The number of carbonyl (C=O) groups excluding carboxylic acids is 1. The monoisotopic (exact) mass is 266 g/mol. The molecule has 0 spiro atoms. The van der Waals surface area contributed by atoms with E-state index in [1.165, 1.54) is 0 Å². The number of nitrogens with zero attached hydrogens (tertiary/aromatic N) is 2. The van der Waals surface area contributed by atoms with Gasteiger partial charge in [-0.1, -0.05) is 0 Å². The van der Waals surface area contributed by atoms with Crippen LogP contribution in [0.2, 0.25) is 0 Å². The fourth-order valence-electron chi connectivity index (χ4n) is 2.87. The maximum absolute atomic E-state index is 12.6. The lowest BCUT2D eigenvalue weighted by Crippen LogP contribution is -2.46. The number of thioether (sulfide) groups is 1. The van der Waals surface area contributed by atoms with Gasteiger partial charge in [-0.05, 0) is 37.5 Å². The first-order valence-electron chi connectivity index (χ1n) is 6.33. The average molecular weight is 266 g/mol. The van der Waals surface area contributed by atoms with Crippen LogP contribution < -0.4 is 0 Å². The van der Waals surface area contributed by atoms with E-state index in [2.05, 4.69) is 23.8 Å². The summed E-state index contributed by atoms with van der Waals surface area (Å²) in [6.07, 6.45) is 4.79. The maximum atomic E-state index is 12.6. The third kappa shape index (κ3) is 1.68. The van der Waals surface area contributed by atoms with Crippen LogP contribution in [0.3, 0.4) is 0 Å². The normalized spacial score (nSPS) is 30.4. The largest absolute Gasteiger partial charge is 0.350 e. The van der Waals surface area contributed by atoms with E-state index in [0.717, 1.165) is 17.9 Å². The molecule has 2 aliphatic heterocycles. The summed E-state index contributed by atoms with van der Waals surface area (Å²) < 4.78 is 7.85. The van der Waals surface area contributed by atoms with E-state index in [-0.39, 0.29) is 24.2 Å². The van der Waals surface area contributed by atoms with E-state index in [0.29, 0.717) is 6.61 Å². The molecule has 1 amide bonds. The topological polar surface area (TPSA) is 34.5 Å². The van der Waals surface area contributed by atoms with E-state index in [1.807, 2.05) is 17.2 Å². The van der Waals surface area contributed by atoms with Crippen LogP contribution >= 0.6 is 11.8 Å². The zero-order chi connectivity index (χ0) is 12.7. The second kappa shape index (κ2) is 4.63. The van der Waals surface area contributed by atoms with Crippen LogP contribution in [-0.2, 0) is 9.53 Å². The molecule has 1 fully saturated rings. The Kier molecular flexibility index (Phi) is 3.11. The summed E-state index contributed by atoms with van der Waals surface area (Å²) in [7, 11) is 0. The highest BCUT2D eigenvalue weighted by molar-refractivity contribution is 7.98. The first-order valence-corrected chi connectivity index (χ1v) is 7.73. The Hall–Kier alpha value is -0.940. The van der Waals surface area contributed by atoms with Gasteiger partial charge in [-0.15, -0.1) is 0 Å². The average Bonchev–Trinajstić information content (AvgIpc) is 2.95. The van der Waals surface area contributed by atoms with Crippen molar-refractivity contribution in [3.8, 4) is 0 Å². The fourth-order valence-corrected chi connectivity index (χ4v) is 3.33. The van der Waals surface area contributed by atoms with Crippen LogP contribution in [0.5, 0.6) is 0 Å². The summed E-state index contributed by atoms with van der Waals surface area (Å²) in [6.45, 7) is 2.69. The highest BCUT2D eigenvalue weighted by Crippen LogP contribution is 2.39. The van der Waals surface area contributed by atoms with Gasteiger partial charge in [-0.3, -0.25) is 4.79 Å². The molecule has 1 unspecified atom stereocenters. The molecule has 3 atom stereocenters. The lowest BCUT2D eigenvalue weighted by molar-refractivity contribution is -0.145. The Balaban J connectivity index is 1.97. The van der Waals surface area contributed by atoms with Gasteiger partial charge in [-0.2, -0.15) is 11.8 Å². The molecule has 4 nitrogen and oxygen atoms in total. The molecule has 0 N–H and O–H groups in total. The third-order valence-corrected chi connectivity index (χ3v) is 4.40. The van der Waals surface area contributed by atoms with Gasteiger partial charge in [-0.25, -0.2) is 0 Å². The summed E-state index contributed by atoms with van der Waals surface area (Å²) >= 11 is 1.79. The van der Waals surface area contributed by atoms with Gasteiger partial charge in [0.1, 0.15) is 6.04 Å². The second-order valence-electron chi connectivity index (χ2n) is 4.92. The third-order valence-electron chi connectivity index (χ3n) is 3.76. The minimum Gasteiger partial charge on any atom is -0.350 e. The van der Waals surface area contributed by atoms with Crippen molar-refractivity contribution < 1.29 is 9.53 Å². The number of amides is 1. The molecule has 98 valence electrons. The quantitative estimate of drug-likeness (QED) is 0.839. The van der Waals surface area contributed by atoms with Gasteiger partial charge >= 0.3 is 0 Å². The molecule has 0 bridgehead atoms. The summed E-state index contributed by atoms with van der Waals surface area (Å²) in [5.41, 5.74) is 1.12. The lowest BCUT2D eigenvalue weighted by atomic mass is 10.1. The SMILES string of the molecule is CSCC[C@H]1C(=O)N2C(OC[C@@H]2C)c2cccn21. The predicted molar refractivity (Wildman–Crippen MR) is 71.5 cm³/mol. The van der Waals surface area contributed by atoms with E-state index < -0.39 is 0 Å². The summed E-state index contributed by atoms with van der Waals surface area (Å²) in [5, 5.41) is 0. The molecule has 0 saturated carbocycles. The van der Waals surface area contributed by atoms with E-state index in [1.54, 1.807) is 11.8 Å². The van der Waals surface area contributed by atoms with Crippen molar-refractivity contribution in [1.82, 2.24) is 9.47 Å². The van der Waals surface area contributed by atoms with E-state index in [4.69, 9.17) is 4.74 Å². The fraction of sp³-hybridized carbons (Fsp3) is 0.615. The number of rotatable bonds is 3. The highest BCUT2D eigenvalue weighted by Gasteiger charge is 2.45. The van der Waals surface area contributed by atoms with Gasteiger partial charge in [0.05, 0.1) is 18.3 Å². The van der Waals surface area contributed by atoms with E-state index in [9.17, 15) is 4.79 Å². The Morgan fingerprint density at radius 3 is 3.17 bits per heavy atom. The van der Waals surface area contributed by atoms with Crippen LogP contribution in [-0.4, -0.2) is 40.0 Å². The van der Waals surface area contributed by atoms with E-state index >= 15 is 0 Å². The number of hydrogen-bond acceptors (Lipinski definition) is 3. The molecule has 0 aliphatic carbocycles. The van der Waals surface area contributed by atoms with Crippen molar-refractivity contribution in [3.63, 3.8) is 0 Å². The van der Waals surface area contributed by atoms with Gasteiger partial charge in [0, 0.05) is 6.20 Å². The summed E-state index contributed by atoms with van der Waals surface area (Å²) in [4.78, 5) is 14.5. The minimum atomic E-state index is -0.173. The first kappa shape index (κ1) is 12.1. The molecule has 1 saturated heterocycles. The number of fused-ring (bicyclic) bond motifs is 3. The number of carbonyl (C=O) groups is 1. The number of ether oxygens (including phenoxy) is 1. The molecule has 0 radical (unpaired) electrons.